The molecule has 0 saturated carbocycles. The molecule has 0 N–H and O–H groups in total. The molecule has 0 bridgehead atoms. The summed E-state index contributed by atoms with van der Waals surface area (Å²) in [6, 6.07) is 5.69. The molecule has 0 spiro atoms. The molecule has 0 unspecified atom stereocenters. The second-order valence-electron chi connectivity index (χ2n) is 5.05. The molecule has 1 aromatic carbocycles. The molecule has 0 aliphatic carbocycles. The third-order valence-corrected chi connectivity index (χ3v) is 3.58. The molecule has 1 aliphatic heterocycles. The molecule has 2 heterocycles. The topological polar surface area (TPSA) is 38.2 Å². The van der Waals surface area contributed by atoms with Crippen LogP contribution in [0.3, 0.4) is 0 Å². The van der Waals surface area contributed by atoms with Crippen molar-refractivity contribution in [2.75, 3.05) is 18.0 Å². The van der Waals surface area contributed by atoms with E-state index in [4.69, 9.17) is 16.3 Å². The first-order valence-electron chi connectivity index (χ1n) is 6.45. The smallest absolute Gasteiger partial charge is 0.0951 e. The highest BCUT2D eigenvalue weighted by Crippen LogP contribution is 2.29. The molecular formula is C14H16ClN3O. The lowest BCUT2D eigenvalue weighted by molar-refractivity contribution is -0.00515. The van der Waals surface area contributed by atoms with Gasteiger partial charge in [0.25, 0.3) is 0 Å². The number of hydrogen-bond donors (Lipinski definition) is 0. The van der Waals surface area contributed by atoms with Gasteiger partial charge in [0, 0.05) is 23.5 Å². The van der Waals surface area contributed by atoms with Gasteiger partial charge >= 0.3 is 0 Å². The maximum Gasteiger partial charge on any atom is 0.0951 e. The van der Waals surface area contributed by atoms with E-state index in [0.717, 1.165) is 34.7 Å². The number of benzene rings is 1. The van der Waals surface area contributed by atoms with E-state index < -0.39 is 0 Å². The monoisotopic (exact) mass is 277 g/mol. The SMILES string of the molecule is C[C@@H]1CN(c2cnnc3ccc(Cl)cc23)C[C@@H](C)O1. The number of fused-ring (bicyclic) bond motifs is 1. The Labute approximate surface area is 117 Å². The standard InChI is InChI=1S/C14H16ClN3O/c1-9-7-18(8-10(2)19-9)14-6-16-17-13-4-3-11(15)5-12(13)14/h3-6,9-10H,7-8H2,1-2H3/t9-,10-/m1/s1. The van der Waals surface area contributed by atoms with Crippen molar-refractivity contribution in [3.05, 3.63) is 29.4 Å². The molecule has 5 heteroatoms. The fourth-order valence-corrected chi connectivity index (χ4v) is 2.81. The number of anilines is 1. The van der Waals surface area contributed by atoms with Crippen molar-refractivity contribution < 1.29 is 4.74 Å². The molecule has 2 atom stereocenters. The van der Waals surface area contributed by atoms with Crippen LogP contribution in [-0.4, -0.2) is 35.5 Å². The Morgan fingerprint density at radius 1 is 1.26 bits per heavy atom. The lowest BCUT2D eigenvalue weighted by Crippen LogP contribution is -2.45. The number of halogens is 1. The van der Waals surface area contributed by atoms with Gasteiger partial charge in [0.2, 0.25) is 0 Å². The molecule has 1 fully saturated rings. The number of ether oxygens (including phenoxy) is 1. The van der Waals surface area contributed by atoms with Crippen LogP contribution in [-0.2, 0) is 4.74 Å². The zero-order valence-corrected chi connectivity index (χ0v) is 11.8. The molecular weight excluding hydrogens is 262 g/mol. The van der Waals surface area contributed by atoms with Crippen LogP contribution in [0.1, 0.15) is 13.8 Å². The Hall–Kier alpha value is -1.39. The van der Waals surface area contributed by atoms with Crippen LogP contribution in [0.2, 0.25) is 5.02 Å². The Bertz CT molecular complexity index is 594. The van der Waals surface area contributed by atoms with Gasteiger partial charge in [-0.3, -0.25) is 0 Å². The number of morpholine rings is 1. The highest BCUT2D eigenvalue weighted by molar-refractivity contribution is 6.31. The third-order valence-electron chi connectivity index (χ3n) is 3.34. The van der Waals surface area contributed by atoms with Gasteiger partial charge in [-0.2, -0.15) is 10.2 Å². The highest BCUT2D eigenvalue weighted by Gasteiger charge is 2.23. The maximum absolute atomic E-state index is 6.10. The van der Waals surface area contributed by atoms with Crippen LogP contribution in [0.25, 0.3) is 10.9 Å². The largest absolute Gasteiger partial charge is 0.372 e. The van der Waals surface area contributed by atoms with Gasteiger partial charge in [-0.15, -0.1) is 0 Å². The van der Waals surface area contributed by atoms with E-state index in [-0.39, 0.29) is 12.2 Å². The molecule has 0 amide bonds. The fraction of sp³-hybridized carbons (Fsp3) is 0.429. The van der Waals surface area contributed by atoms with Gasteiger partial charge in [0.15, 0.2) is 0 Å². The minimum atomic E-state index is 0.214. The number of nitrogens with zero attached hydrogens (tertiary/aromatic N) is 3. The third kappa shape index (κ3) is 2.51. The molecule has 100 valence electrons. The van der Waals surface area contributed by atoms with E-state index in [0.29, 0.717) is 0 Å². The van der Waals surface area contributed by atoms with Crippen molar-refractivity contribution in [1.82, 2.24) is 10.2 Å². The Kier molecular flexibility index (Phi) is 3.29. The molecule has 2 aromatic rings. The summed E-state index contributed by atoms with van der Waals surface area (Å²) in [6.45, 7) is 5.90. The van der Waals surface area contributed by atoms with Gasteiger partial charge < -0.3 is 9.64 Å². The Morgan fingerprint density at radius 3 is 2.74 bits per heavy atom. The minimum absolute atomic E-state index is 0.214. The maximum atomic E-state index is 6.10. The van der Waals surface area contributed by atoms with E-state index in [9.17, 15) is 0 Å². The zero-order valence-electron chi connectivity index (χ0n) is 11.0. The highest BCUT2D eigenvalue weighted by atomic mass is 35.5. The predicted molar refractivity (Wildman–Crippen MR) is 76.8 cm³/mol. The average Bonchev–Trinajstić information content (AvgIpc) is 2.36. The van der Waals surface area contributed by atoms with Crippen molar-refractivity contribution in [3.63, 3.8) is 0 Å². The number of rotatable bonds is 1. The van der Waals surface area contributed by atoms with Crippen molar-refractivity contribution in [3.8, 4) is 0 Å². The second kappa shape index (κ2) is 4.94. The summed E-state index contributed by atoms with van der Waals surface area (Å²) in [4.78, 5) is 2.30. The molecule has 1 aliphatic rings. The van der Waals surface area contributed by atoms with Crippen LogP contribution in [0.5, 0.6) is 0 Å². The van der Waals surface area contributed by atoms with E-state index in [1.54, 1.807) is 0 Å². The molecule has 0 radical (unpaired) electrons. The molecule has 19 heavy (non-hydrogen) atoms. The van der Waals surface area contributed by atoms with Crippen LogP contribution in [0.15, 0.2) is 24.4 Å². The average molecular weight is 278 g/mol. The first kappa shape index (κ1) is 12.6. The van der Waals surface area contributed by atoms with Crippen molar-refractivity contribution in [2.24, 2.45) is 0 Å². The van der Waals surface area contributed by atoms with Gasteiger partial charge in [-0.1, -0.05) is 11.6 Å². The fourth-order valence-electron chi connectivity index (χ4n) is 2.64. The van der Waals surface area contributed by atoms with Crippen molar-refractivity contribution in [2.45, 2.75) is 26.1 Å². The number of aromatic nitrogens is 2. The van der Waals surface area contributed by atoms with E-state index in [2.05, 4.69) is 28.9 Å². The molecule has 1 saturated heterocycles. The van der Waals surface area contributed by atoms with Crippen LogP contribution in [0.4, 0.5) is 5.69 Å². The van der Waals surface area contributed by atoms with E-state index >= 15 is 0 Å². The zero-order chi connectivity index (χ0) is 13.4. The van der Waals surface area contributed by atoms with Crippen LogP contribution in [0, 0.1) is 0 Å². The first-order valence-corrected chi connectivity index (χ1v) is 6.82. The van der Waals surface area contributed by atoms with Crippen LogP contribution >= 0.6 is 11.6 Å². The molecule has 4 nitrogen and oxygen atoms in total. The lowest BCUT2D eigenvalue weighted by Gasteiger charge is -2.37. The van der Waals surface area contributed by atoms with Gasteiger partial charge in [-0.05, 0) is 32.0 Å². The van der Waals surface area contributed by atoms with Gasteiger partial charge in [0.1, 0.15) is 0 Å². The van der Waals surface area contributed by atoms with E-state index in [1.807, 2.05) is 24.4 Å². The number of hydrogen-bond acceptors (Lipinski definition) is 4. The van der Waals surface area contributed by atoms with Crippen molar-refractivity contribution in [1.29, 1.82) is 0 Å². The normalized spacial score (nSPS) is 23.8. The van der Waals surface area contributed by atoms with E-state index in [1.165, 1.54) is 0 Å². The second-order valence-corrected chi connectivity index (χ2v) is 5.49. The summed E-state index contributed by atoms with van der Waals surface area (Å²) in [5.74, 6) is 0. The van der Waals surface area contributed by atoms with Crippen molar-refractivity contribution >= 4 is 28.2 Å². The summed E-state index contributed by atoms with van der Waals surface area (Å²) < 4.78 is 5.77. The van der Waals surface area contributed by atoms with Gasteiger partial charge in [0.05, 0.1) is 29.6 Å². The molecule has 1 aromatic heterocycles. The first-order chi connectivity index (χ1) is 9.13. The minimum Gasteiger partial charge on any atom is -0.372 e. The summed E-state index contributed by atoms with van der Waals surface area (Å²) >= 11 is 6.10. The van der Waals surface area contributed by atoms with Crippen LogP contribution < -0.4 is 4.90 Å². The summed E-state index contributed by atoms with van der Waals surface area (Å²) in [6.07, 6.45) is 2.24. The van der Waals surface area contributed by atoms with Gasteiger partial charge in [-0.25, -0.2) is 0 Å². The lowest BCUT2D eigenvalue weighted by atomic mass is 10.1. The summed E-state index contributed by atoms with van der Waals surface area (Å²) in [5, 5.41) is 10.0. The Balaban J connectivity index is 2.06. The molecule has 3 rings (SSSR count). The summed E-state index contributed by atoms with van der Waals surface area (Å²) in [5.41, 5.74) is 1.95. The Morgan fingerprint density at radius 2 is 2.00 bits per heavy atom. The quantitative estimate of drug-likeness (QED) is 0.803. The summed E-state index contributed by atoms with van der Waals surface area (Å²) in [7, 11) is 0. The predicted octanol–water partition coefficient (Wildman–Crippen LogP) is 2.90.